The minimum Gasteiger partial charge on any atom is -0.270 e. The molecular formula is C17H23ClN2. The van der Waals surface area contributed by atoms with Gasteiger partial charge in [0.2, 0.25) is 0 Å². The van der Waals surface area contributed by atoms with Crippen LogP contribution in [0.15, 0.2) is 12.1 Å². The highest BCUT2D eigenvalue weighted by molar-refractivity contribution is 6.34. The van der Waals surface area contributed by atoms with Gasteiger partial charge in [0.1, 0.15) is 5.69 Å². The zero-order valence-corrected chi connectivity index (χ0v) is 14.2. The maximum absolute atomic E-state index is 6.65. The first-order valence-electron chi connectivity index (χ1n) is 6.94. The summed E-state index contributed by atoms with van der Waals surface area (Å²) < 4.78 is 1.91. The van der Waals surface area contributed by atoms with Crippen LogP contribution < -0.4 is 0 Å². The molecule has 0 aliphatic carbocycles. The first-order chi connectivity index (χ1) is 9.12. The quantitative estimate of drug-likeness (QED) is 0.725. The Morgan fingerprint density at radius 2 is 1.55 bits per heavy atom. The normalized spacial score (nSPS) is 12.0. The number of hydrogen-bond donors (Lipinski definition) is 0. The average Bonchev–Trinajstić information content (AvgIpc) is 2.51. The summed E-state index contributed by atoms with van der Waals surface area (Å²) in [6.07, 6.45) is 0. The van der Waals surface area contributed by atoms with E-state index in [1.54, 1.807) is 0 Å². The second kappa shape index (κ2) is 4.92. The molecule has 0 saturated heterocycles. The maximum atomic E-state index is 6.65. The van der Waals surface area contributed by atoms with Crippen LogP contribution in [0, 0.1) is 20.8 Å². The molecule has 0 atom stereocenters. The lowest BCUT2D eigenvalue weighted by atomic mass is 9.90. The van der Waals surface area contributed by atoms with Gasteiger partial charge in [-0.15, -0.1) is 0 Å². The third-order valence-electron chi connectivity index (χ3n) is 3.61. The lowest BCUT2D eigenvalue weighted by molar-refractivity contribution is 0.523. The van der Waals surface area contributed by atoms with Crippen molar-refractivity contribution in [3.05, 3.63) is 39.5 Å². The van der Waals surface area contributed by atoms with Crippen LogP contribution in [0.5, 0.6) is 0 Å². The highest BCUT2D eigenvalue weighted by Crippen LogP contribution is 2.38. The molecule has 0 radical (unpaired) electrons. The second-order valence-corrected chi connectivity index (χ2v) is 7.04. The smallest absolute Gasteiger partial charge is 0.112 e. The number of benzene rings is 1. The summed E-state index contributed by atoms with van der Waals surface area (Å²) >= 11 is 6.65. The molecule has 0 bridgehead atoms. The summed E-state index contributed by atoms with van der Waals surface area (Å²) in [6.45, 7) is 12.8. The van der Waals surface area contributed by atoms with Gasteiger partial charge in [-0.25, -0.2) is 0 Å². The zero-order valence-electron chi connectivity index (χ0n) is 13.4. The van der Waals surface area contributed by atoms with E-state index in [1.807, 2.05) is 11.7 Å². The van der Waals surface area contributed by atoms with E-state index in [2.05, 4.69) is 58.8 Å². The van der Waals surface area contributed by atoms with Crippen molar-refractivity contribution in [2.45, 2.75) is 47.0 Å². The summed E-state index contributed by atoms with van der Waals surface area (Å²) in [6, 6.07) is 4.37. The lowest BCUT2D eigenvalue weighted by Crippen LogP contribution is -2.16. The molecule has 2 aromatic rings. The Bertz CT molecular complexity index is 637. The largest absolute Gasteiger partial charge is 0.270 e. The SMILES string of the molecule is Cc1cc(C)c(-c2nn(C)c(C(C)(C)C)c2Cl)c(C)c1. The Balaban J connectivity index is 2.73. The molecule has 2 nitrogen and oxygen atoms in total. The molecule has 0 aliphatic rings. The van der Waals surface area contributed by atoms with Crippen molar-refractivity contribution in [2.24, 2.45) is 7.05 Å². The minimum atomic E-state index is -0.0242. The number of aromatic nitrogens is 2. The van der Waals surface area contributed by atoms with Gasteiger partial charge in [0.15, 0.2) is 0 Å². The van der Waals surface area contributed by atoms with Gasteiger partial charge in [-0.1, -0.05) is 50.1 Å². The Morgan fingerprint density at radius 3 is 1.95 bits per heavy atom. The van der Waals surface area contributed by atoms with Gasteiger partial charge in [0.25, 0.3) is 0 Å². The molecule has 3 heteroatoms. The van der Waals surface area contributed by atoms with Crippen LogP contribution in [0.4, 0.5) is 0 Å². The summed E-state index contributed by atoms with van der Waals surface area (Å²) in [5.41, 5.74) is 6.83. The van der Waals surface area contributed by atoms with Crippen LogP contribution in [0.3, 0.4) is 0 Å². The van der Waals surface area contributed by atoms with Crippen molar-refractivity contribution in [1.29, 1.82) is 0 Å². The number of hydrogen-bond acceptors (Lipinski definition) is 1. The van der Waals surface area contributed by atoms with Crippen LogP contribution in [-0.2, 0) is 12.5 Å². The average molecular weight is 291 g/mol. The molecule has 1 aromatic carbocycles. The predicted octanol–water partition coefficient (Wildman–Crippen LogP) is 4.96. The third-order valence-corrected chi connectivity index (χ3v) is 3.97. The van der Waals surface area contributed by atoms with Crippen molar-refractivity contribution < 1.29 is 0 Å². The predicted molar refractivity (Wildman–Crippen MR) is 86.6 cm³/mol. The summed E-state index contributed by atoms with van der Waals surface area (Å²) in [5.74, 6) is 0. The van der Waals surface area contributed by atoms with E-state index in [4.69, 9.17) is 11.6 Å². The molecule has 1 heterocycles. The van der Waals surface area contributed by atoms with E-state index in [0.29, 0.717) is 0 Å². The number of nitrogens with zero attached hydrogens (tertiary/aromatic N) is 2. The fourth-order valence-electron chi connectivity index (χ4n) is 3.03. The lowest BCUT2D eigenvalue weighted by Gasteiger charge is -2.19. The monoisotopic (exact) mass is 290 g/mol. The Labute approximate surface area is 126 Å². The molecule has 0 fully saturated rings. The van der Waals surface area contributed by atoms with E-state index in [9.17, 15) is 0 Å². The topological polar surface area (TPSA) is 17.8 Å². The number of aryl methyl sites for hydroxylation is 4. The van der Waals surface area contributed by atoms with Crippen molar-refractivity contribution >= 4 is 11.6 Å². The van der Waals surface area contributed by atoms with Gasteiger partial charge in [-0.3, -0.25) is 4.68 Å². The molecule has 2 rings (SSSR count). The van der Waals surface area contributed by atoms with E-state index in [1.165, 1.54) is 16.7 Å². The summed E-state index contributed by atoms with van der Waals surface area (Å²) in [5, 5.41) is 5.46. The molecule has 0 saturated carbocycles. The molecular weight excluding hydrogens is 268 g/mol. The summed E-state index contributed by atoms with van der Waals surface area (Å²) in [7, 11) is 1.97. The minimum absolute atomic E-state index is 0.0242. The van der Waals surface area contributed by atoms with Gasteiger partial charge in [0.05, 0.1) is 10.7 Å². The Hall–Kier alpha value is -1.28. The van der Waals surface area contributed by atoms with Crippen LogP contribution in [0.1, 0.15) is 43.2 Å². The fraction of sp³-hybridized carbons (Fsp3) is 0.471. The first-order valence-corrected chi connectivity index (χ1v) is 7.32. The van der Waals surface area contributed by atoms with Crippen molar-refractivity contribution in [3.63, 3.8) is 0 Å². The van der Waals surface area contributed by atoms with Gasteiger partial charge in [-0.2, -0.15) is 5.10 Å². The van der Waals surface area contributed by atoms with E-state index < -0.39 is 0 Å². The molecule has 108 valence electrons. The van der Waals surface area contributed by atoms with E-state index >= 15 is 0 Å². The number of halogens is 1. The standard InChI is InChI=1S/C17H23ClN2/c1-10-8-11(2)13(12(3)9-10)15-14(18)16(17(4,5)6)20(7)19-15/h8-9H,1-7H3. The first kappa shape index (κ1) is 15.1. The molecule has 0 unspecified atom stereocenters. The molecule has 0 amide bonds. The molecule has 0 aliphatic heterocycles. The van der Waals surface area contributed by atoms with Gasteiger partial charge < -0.3 is 0 Å². The Morgan fingerprint density at radius 1 is 1.05 bits per heavy atom. The molecule has 1 aromatic heterocycles. The third kappa shape index (κ3) is 2.49. The van der Waals surface area contributed by atoms with Crippen LogP contribution in [-0.4, -0.2) is 9.78 Å². The van der Waals surface area contributed by atoms with E-state index in [-0.39, 0.29) is 5.41 Å². The van der Waals surface area contributed by atoms with Crippen LogP contribution in [0.2, 0.25) is 5.02 Å². The highest BCUT2D eigenvalue weighted by atomic mass is 35.5. The van der Waals surface area contributed by atoms with Crippen LogP contribution in [0.25, 0.3) is 11.3 Å². The van der Waals surface area contributed by atoms with Gasteiger partial charge in [0, 0.05) is 18.0 Å². The Kier molecular flexibility index (Phi) is 3.72. The second-order valence-electron chi connectivity index (χ2n) is 6.66. The fourth-order valence-corrected chi connectivity index (χ4v) is 3.56. The van der Waals surface area contributed by atoms with Gasteiger partial charge in [-0.05, 0) is 31.9 Å². The molecule has 20 heavy (non-hydrogen) atoms. The highest BCUT2D eigenvalue weighted by Gasteiger charge is 2.26. The number of rotatable bonds is 1. The van der Waals surface area contributed by atoms with Crippen LogP contribution >= 0.6 is 11.6 Å². The van der Waals surface area contributed by atoms with Gasteiger partial charge >= 0.3 is 0 Å². The van der Waals surface area contributed by atoms with Crippen molar-refractivity contribution in [3.8, 4) is 11.3 Å². The van der Waals surface area contributed by atoms with Crippen molar-refractivity contribution in [2.75, 3.05) is 0 Å². The molecule has 0 spiro atoms. The zero-order chi connectivity index (χ0) is 15.2. The molecule has 0 N–H and O–H groups in total. The maximum Gasteiger partial charge on any atom is 0.112 e. The van der Waals surface area contributed by atoms with E-state index in [0.717, 1.165) is 22.0 Å². The van der Waals surface area contributed by atoms with Crippen molar-refractivity contribution in [1.82, 2.24) is 9.78 Å². The summed E-state index contributed by atoms with van der Waals surface area (Å²) in [4.78, 5) is 0.